The van der Waals surface area contributed by atoms with Gasteiger partial charge in [0.2, 0.25) is 5.41 Å². The van der Waals surface area contributed by atoms with Gasteiger partial charge in [0.1, 0.15) is 34.5 Å². The van der Waals surface area contributed by atoms with Crippen LogP contribution in [0.5, 0.6) is 34.5 Å². The molecule has 340 valence electrons. The van der Waals surface area contributed by atoms with E-state index in [1.54, 1.807) is 30.3 Å². The van der Waals surface area contributed by atoms with E-state index >= 15 is 26.3 Å². The molecule has 68 heavy (non-hydrogen) atoms. The van der Waals surface area contributed by atoms with Crippen LogP contribution < -0.4 is 24.0 Å². The molecule has 0 saturated carbocycles. The average molecular weight is 927 g/mol. The third kappa shape index (κ3) is 7.78. The van der Waals surface area contributed by atoms with Crippen LogP contribution in [0.25, 0.3) is 0 Å². The molecule has 0 saturated heterocycles. The first-order valence-corrected chi connectivity index (χ1v) is 20.6. The summed E-state index contributed by atoms with van der Waals surface area (Å²) in [6.45, 7) is 3.29. The number of fused-ring (bicyclic) bond motifs is 2. The fourth-order valence-electron chi connectivity index (χ4n) is 8.22. The Bertz CT molecular complexity index is 3220. The van der Waals surface area contributed by atoms with Crippen LogP contribution >= 0.6 is 0 Å². The number of imide groups is 2. The monoisotopic (exact) mass is 926 g/mol. The Morgan fingerprint density at radius 2 is 0.809 bits per heavy atom. The molecular weight excluding hydrogens is 895 g/mol. The standard InChI is InChI=1S/C52H32F6N2O8/c1-29-7-3-10-37(23-29)67-40-13-6-14-41(28-40)68-39-12-5-9-35(27-39)60-47(63)43-22-18-33(25-45(43)49(60)65)50(51(53,54)55,52(56,57)58)32-17-21-42-44(24-32)48(64)59(46(42)62)34-8-4-11-38(26-34)66-36-19-15-31(16-20-36)30(2)61/h3-28H,1-2H3. The fourth-order valence-corrected chi connectivity index (χ4v) is 8.22. The lowest BCUT2D eigenvalue weighted by atomic mass is 9.71. The highest BCUT2D eigenvalue weighted by Gasteiger charge is 2.73. The normalized spacial score (nSPS) is 13.7. The Labute approximate surface area is 382 Å². The van der Waals surface area contributed by atoms with E-state index in [1.807, 2.05) is 25.1 Å². The van der Waals surface area contributed by atoms with Crippen LogP contribution in [0, 0.1) is 6.92 Å². The van der Waals surface area contributed by atoms with Gasteiger partial charge in [-0.05, 0) is 128 Å². The number of amides is 4. The fraction of sp³-hybridized carbons (Fsp3) is 0.0962. The van der Waals surface area contributed by atoms with Gasteiger partial charge in [0.15, 0.2) is 5.78 Å². The molecule has 2 aliphatic rings. The number of anilines is 2. The molecular formula is C52H32F6N2O8. The van der Waals surface area contributed by atoms with Crippen molar-refractivity contribution in [3.8, 4) is 34.5 Å². The van der Waals surface area contributed by atoms with E-state index in [0.29, 0.717) is 69.0 Å². The van der Waals surface area contributed by atoms with E-state index in [1.165, 1.54) is 79.7 Å². The molecule has 9 rings (SSSR count). The summed E-state index contributed by atoms with van der Waals surface area (Å²) >= 11 is 0. The van der Waals surface area contributed by atoms with Crippen molar-refractivity contribution in [3.05, 3.63) is 202 Å². The first-order chi connectivity index (χ1) is 32.3. The predicted octanol–water partition coefficient (Wildman–Crippen LogP) is 12.6. The maximum Gasteiger partial charge on any atom is 0.411 e. The molecule has 0 bridgehead atoms. The highest BCUT2D eigenvalue weighted by atomic mass is 19.4. The molecule has 0 spiro atoms. The molecule has 0 fully saturated rings. The summed E-state index contributed by atoms with van der Waals surface area (Å²) < 4.78 is 111. The number of carbonyl (C=O) groups excluding carboxylic acids is 5. The van der Waals surface area contributed by atoms with E-state index in [2.05, 4.69) is 0 Å². The van der Waals surface area contributed by atoms with E-state index in [0.717, 1.165) is 5.56 Å². The molecule has 7 aromatic rings. The van der Waals surface area contributed by atoms with Crippen LogP contribution in [-0.4, -0.2) is 41.8 Å². The van der Waals surface area contributed by atoms with Crippen LogP contribution in [0.1, 0.15) is 75.4 Å². The number of hydrogen-bond acceptors (Lipinski definition) is 8. The van der Waals surface area contributed by atoms with Crippen LogP contribution in [0.4, 0.5) is 37.7 Å². The Kier molecular flexibility index (Phi) is 11.0. The van der Waals surface area contributed by atoms with Crippen LogP contribution in [-0.2, 0) is 5.41 Å². The minimum atomic E-state index is -6.17. The van der Waals surface area contributed by atoms with Gasteiger partial charge in [-0.15, -0.1) is 0 Å². The van der Waals surface area contributed by atoms with Crippen molar-refractivity contribution in [1.29, 1.82) is 0 Å². The van der Waals surface area contributed by atoms with Gasteiger partial charge in [-0.25, -0.2) is 9.80 Å². The second-order valence-corrected chi connectivity index (χ2v) is 15.8. The third-order valence-electron chi connectivity index (χ3n) is 11.4. The molecule has 2 aliphatic heterocycles. The van der Waals surface area contributed by atoms with E-state index in [9.17, 15) is 24.0 Å². The largest absolute Gasteiger partial charge is 0.457 e. The number of carbonyl (C=O) groups is 5. The smallest absolute Gasteiger partial charge is 0.411 e. The Morgan fingerprint density at radius 1 is 0.426 bits per heavy atom. The summed E-state index contributed by atoms with van der Waals surface area (Å²) in [5.41, 5.74) is -9.06. The van der Waals surface area contributed by atoms with E-state index in [-0.39, 0.29) is 34.4 Å². The van der Waals surface area contributed by atoms with Gasteiger partial charge in [0.05, 0.1) is 33.6 Å². The van der Waals surface area contributed by atoms with Crippen molar-refractivity contribution < 1.29 is 64.5 Å². The maximum atomic E-state index is 15.5. The first kappa shape index (κ1) is 44.7. The molecule has 16 heteroatoms. The van der Waals surface area contributed by atoms with Crippen LogP contribution in [0.3, 0.4) is 0 Å². The van der Waals surface area contributed by atoms with Gasteiger partial charge in [0.25, 0.3) is 23.6 Å². The average Bonchev–Trinajstić information content (AvgIpc) is 3.69. The number of halogens is 6. The summed E-state index contributed by atoms with van der Waals surface area (Å²) in [5, 5.41) is 0. The number of aryl methyl sites for hydroxylation is 1. The van der Waals surface area contributed by atoms with Crippen molar-refractivity contribution in [2.75, 3.05) is 9.80 Å². The van der Waals surface area contributed by atoms with Crippen LogP contribution in [0.2, 0.25) is 0 Å². The topological polar surface area (TPSA) is 120 Å². The number of alkyl halides is 6. The lowest BCUT2D eigenvalue weighted by Gasteiger charge is -2.38. The molecule has 4 amide bonds. The zero-order chi connectivity index (χ0) is 48.3. The molecule has 0 radical (unpaired) electrons. The Balaban J connectivity index is 1.01. The lowest BCUT2D eigenvalue weighted by Crippen LogP contribution is -2.55. The predicted molar refractivity (Wildman–Crippen MR) is 235 cm³/mol. The number of hydrogen-bond donors (Lipinski definition) is 0. The molecule has 0 unspecified atom stereocenters. The number of rotatable bonds is 11. The van der Waals surface area contributed by atoms with Gasteiger partial charge in [-0.2, -0.15) is 26.3 Å². The van der Waals surface area contributed by atoms with Gasteiger partial charge >= 0.3 is 12.4 Å². The van der Waals surface area contributed by atoms with Gasteiger partial charge in [-0.1, -0.05) is 42.5 Å². The molecule has 2 heterocycles. The summed E-state index contributed by atoms with van der Waals surface area (Å²) in [4.78, 5) is 68.1. The third-order valence-corrected chi connectivity index (χ3v) is 11.4. The maximum absolute atomic E-state index is 15.5. The SMILES string of the molecule is CC(=O)c1ccc(Oc2cccc(N3C(=O)c4ccc(C(c5ccc6c(c5)C(=O)N(c5cccc(Oc7cccc(Oc8cccc(C)c8)c7)c5)C6=O)(C(F)(F)F)C(F)(F)F)cc4C3=O)c2)cc1. The zero-order valence-corrected chi connectivity index (χ0v) is 35.4. The number of ketones is 1. The number of nitrogens with zero attached hydrogens (tertiary/aromatic N) is 2. The highest BCUT2D eigenvalue weighted by Crippen LogP contribution is 2.57. The quantitative estimate of drug-likeness (QED) is 0.0715. The number of Topliss-reactive ketones (excluding diaryl/α,β-unsaturated/α-hetero) is 1. The number of benzene rings is 7. The highest BCUT2D eigenvalue weighted by molar-refractivity contribution is 6.35. The second-order valence-electron chi connectivity index (χ2n) is 15.8. The van der Waals surface area contributed by atoms with Crippen molar-refractivity contribution in [2.24, 2.45) is 0 Å². The lowest BCUT2D eigenvalue weighted by molar-refractivity contribution is -0.288. The summed E-state index contributed by atoms with van der Waals surface area (Å²) in [7, 11) is 0. The van der Waals surface area contributed by atoms with Crippen molar-refractivity contribution in [1.82, 2.24) is 0 Å². The summed E-state index contributed by atoms with van der Waals surface area (Å²) in [6, 6.07) is 34.1. The minimum absolute atomic E-state index is 0.0907. The summed E-state index contributed by atoms with van der Waals surface area (Å²) in [5.74, 6) is -2.83. The van der Waals surface area contributed by atoms with E-state index < -0.39 is 74.8 Å². The Hall–Kier alpha value is -8.53. The molecule has 0 aliphatic carbocycles. The van der Waals surface area contributed by atoms with Gasteiger partial charge < -0.3 is 14.2 Å². The molecule has 0 aromatic heterocycles. The first-order valence-electron chi connectivity index (χ1n) is 20.6. The van der Waals surface area contributed by atoms with Crippen molar-refractivity contribution in [2.45, 2.75) is 31.6 Å². The van der Waals surface area contributed by atoms with Crippen LogP contribution in [0.15, 0.2) is 158 Å². The molecule has 0 N–H and O–H groups in total. The molecule has 7 aromatic carbocycles. The number of ether oxygens (including phenoxy) is 3. The van der Waals surface area contributed by atoms with Crippen molar-refractivity contribution >= 4 is 40.8 Å². The molecule has 0 atom stereocenters. The Morgan fingerprint density at radius 3 is 1.24 bits per heavy atom. The minimum Gasteiger partial charge on any atom is -0.457 e. The van der Waals surface area contributed by atoms with Crippen molar-refractivity contribution in [3.63, 3.8) is 0 Å². The van der Waals surface area contributed by atoms with E-state index in [4.69, 9.17) is 14.2 Å². The van der Waals surface area contributed by atoms with Gasteiger partial charge in [-0.3, -0.25) is 24.0 Å². The zero-order valence-electron chi connectivity index (χ0n) is 35.4. The summed E-state index contributed by atoms with van der Waals surface area (Å²) in [6.07, 6.45) is -12.3. The van der Waals surface area contributed by atoms with Gasteiger partial charge in [0, 0.05) is 23.8 Å². The molecule has 10 nitrogen and oxygen atoms in total. The second kappa shape index (κ2) is 16.7.